The molecule has 0 aliphatic heterocycles. The van der Waals surface area contributed by atoms with Gasteiger partial charge < -0.3 is 0 Å². The third-order valence-corrected chi connectivity index (χ3v) is 3.52. The molecule has 0 aromatic heterocycles. The zero-order valence-corrected chi connectivity index (χ0v) is 10.0. The monoisotopic (exact) mass is 252 g/mol. The number of benzene rings is 1. The van der Waals surface area contributed by atoms with Crippen LogP contribution in [0.3, 0.4) is 0 Å². The molecule has 0 N–H and O–H groups in total. The largest absolute Gasteiger partial charge is 0.294 e. The first-order valence-electron chi connectivity index (χ1n) is 4.96. The molecule has 1 aliphatic carbocycles. The molecule has 1 aliphatic rings. The summed E-state index contributed by atoms with van der Waals surface area (Å²) in [6.45, 7) is 4.14. The summed E-state index contributed by atoms with van der Waals surface area (Å²) >= 11 is 3.47. The number of aryl methyl sites for hydroxylation is 1. The summed E-state index contributed by atoms with van der Waals surface area (Å²) in [6.07, 6.45) is 1.87. The zero-order chi connectivity index (χ0) is 10.3. The van der Waals surface area contributed by atoms with E-state index >= 15 is 0 Å². The number of halogens is 1. The van der Waals surface area contributed by atoms with Crippen LogP contribution in [0.15, 0.2) is 16.6 Å². The molecule has 0 fully saturated rings. The van der Waals surface area contributed by atoms with Crippen molar-refractivity contribution >= 4 is 21.7 Å². The first-order chi connectivity index (χ1) is 6.63. The predicted molar refractivity (Wildman–Crippen MR) is 60.7 cm³/mol. The number of Topliss-reactive ketones (excluding diaryl/α,β-unsaturated/α-hetero) is 1. The van der Waals surface area contributed by atoms with Crippen molar-refractivity contribution in [1.29, 1.82) is 0 Å². The quantitative estimate of drug-likeness (QED) is 0.748. The Hall–Kier alpha value is -0.630. The van der Waals surface area contributed by atoms with Gasteiger partial charge in [-0.1, -0.05) is 28.9 Å². The molecule has 1 atom stereocenters. The van der Waals surface area contributed by atoms with Crippen molar-refractivity contribution in [3.63, 3.8) is 0 Å². The number of carbonyl (C=O) groups is 1. The van der Waals surface area contributed by atoms with Crippen LogP contribution in [0.2, 0.25) is 0 Å². The molecule has 0 heterocycles. The minimum atomic E-state index is 0.211. The Labute approximate surface area is 92.6 Å². The van der Waals surface area contributed by atoms with Gasteiger partial charge in [0, 0.05) is 16.0 Å². The summed E-state index contributed by atoms with van der Waals surface area (Å²) in [5.74, 6) is 0.525. The fourth-order valence-corrected chi connectivity index (χ4v) is 2.95. The average molecular weight is 253 g/mol. The third kappa shape index (κ3) is 1.42. The Balaban J connectivity index is 2.54. The smallest absolute Gasteiger partial charge is 0.167 e. The number of ketones is 1. The maximum absolute atomic E-state index is 11.9. The summed E-state index contributed by atoms with van der Waals surface area (Å²) in [6, 6.07) is 4.16. The molecule has 0 radical (unpaired) electrons. The van der Waals surface area contributed by atoms with Crippen LogP contribution in [0.25, 0.3) is 0 Å². The topological polar surface area (TPSA) is 17.1 Å². The lowest BCUT2D eigenvalue weighted by atomic mass is 10.0. The normalized spacial score (nSPS) is 19.9. The van der Waals surface area contributed by atoms with Gasteiger partial charge in [-0.25, -0.2) is 0 Å². The van der Waals surface area contributed by atoms with Gasteiger partial charge in [-0.05, 0) is 37.0 Å². The fraction of sp³-hybridized carbons (Fsp3) is 0.417. The van der Waals surface area contributed by atoms with Crippen LogP contribution < -0.4 is 0 Å². The highest BCUT2D eigenvalue weighted by atomic mass is 79.9. The Morgan fingerprint density at radius 2 is 2.21 bits per heavy atom. The second-order valence-corrected chi connectivity index (χ2v) is 4.81. The molecule has 0 saturated carbocycles. The van der Waals surface area contributed by atoms with Gasteiger partial charge in [0.15, 0.2) is 5.78 Å². The Morgan fingerprint density at radius 3 is 2.86 bits per heavy atom. The number of hydrogen-bond donors (Lipinski definition) is 0. The van der Waals surface area contributed by atoms with Crippen molar-refractivity contribution in [2.24, 2.45) is 5.92 Å². The minimum absolute atomic E-state index is 0.211. The zero-order valence-electron chi connectivity index (χ0n) is 8.43. The van der Waals surface area contributed by atoms with Gasteiger partial charge in [-0.2, -0.15) is 0 Å². The second kappa shape index (κ2) is 3.50. The molecule has 0 saturated heterocycles. The van der Waals surface area contributed by atoms with E-state index in [1.165, 1.54) is 11.1 Å². The average Bonchev–Trinajstić information content (AvgIpc) is 2.42. The van der Waals surface area contributed by atoms with Gasteiger partial charge in [0.25, 0.3) is 0 Å². The Morgan fingerprint density at radius 1 is 1.50 bits per heavy atom. The summed E-state index contributed by atoms with van der Waals surface area (Å²) in [5, 5.41) is 0. The maximum atomic E-state index is 11.9. The standard InChI is InChI=1S/C12H13BrO/c1-3-8-6-9-4-7(2)5-10(13)11(9)12(8)14/h4-5,8H,3,6H2,1-2H3. The first kappa shape index (κ1) is 9.91. The predicted octanol–water partition coefficient (Wildman–Crippen LogP) is 3.52. The summed E-state index contributed by atoms with van der Waals surface area (Å²) in [5.41, 5.74) is 3.36. The van der Waals surface area contributed by atoms with E-state index in [0.717, 1.165) is 22.9 Å². The number of rotatable bonds is 1. The van der Waals surface area contributed by atoms with Crippen LogP contribution in [-0.2, 0) is 6.42 Å². The minimum Gasteiger partial charge on any atom is -0.294 e. The maximum Gasteiger partial charge on any atom is 0.167 e. The lowest BCUT2D eigenvalue weighted by Gasteiger charge is -2.02. The van der Waals surface area contributed by atoms with Crippen molar-refractivity contribution in [1.82, 2.24) is 0 Å². The number of hydrogen-bond acceptors (Lipinski definition) is 1. The highest BCUT2D eigenvalue weighted by molar-refractivity contribution is 9.10. The lowest BCUT2D eigenvalue weighted by molar-refractivity contribution is 0.0933. The van der Waals surface area contributed by atoms with Gasteiger partial charge in [0.2, 0.25) is 0 Å². The van der Waals surface area contributed by atoms with Gasteiger partial charge in [0.05, 0.1) is 0 Å². The van der Waals surface area contributed by atoms with E-state index in [2.05, 4.69) is 35.8 Å². The molecule has 0 amide bonds. The van der Waals surface area contributed by atoms with Gasteiger partial charge >= 0.3 is 0 Å². The molecule has 1 unspecified atom stereocenters. The SMILES string of the molecule is CCC1Cc2cc(C)cc(Br)c2C1=O. The van der Waals surface area contributed by atoms with Crippen LogP contribution in [0.4, 0.5) is 0 Å². The second-order valence-electron chi connectivity index (χ2n) is 3.95. The van der Waals surface area contributed by atoms with E-state index in [4.69, 9.17) is 0 Å². The van der Waals surface area contributed by atoms with E-state index in [0.29, 0.717) is 5.78 Å². The number of fused-ring (bicyclic) bond motifs is 1. The summed E-state index contributed by atoms with van der Waals surface area (Å²) in [7, 11) is 0. The van der Waals surface area contributed by atoms with Crippen LogP contribution in [0.1, 0.15) is 34.8 Å². The van der Waals surface area contributed by atoms with Gasteiger partial charge in [0.1, 0.15) is 0 Å². The van der Waals surface area contributed by atoms with Crippen LogP contribution in [0, 0.1) is 12.8 Å². The lowest BCUT2D eigenvalue weighted by Crippen LogP contribution is -2.07. The van der Waals surface area contributed by atoms with Crippen molar-refractivity contribution in [3.05, 3.63) is 33.3 Å². The summed E-state index contributed by atoms with van der Waals surface area (Å²) in [4.78, 5) is 11.9. The highest BCUT2D eigenvalue weighted by Crippen LogP contribution is 2.34. The van der Waals surface area contributed by atoms with Crippen molar-refractivity contribution in [3.8, 4) is 0 Å². The Bertz CT molecular complexity index is 396. The fourth-order valence-electron chi connectivity index (χ4n) is 2.14. The van der Waals surface area contributed by atoms with E-state index in [9.17, 15) is 4.79 Å². The molecule has 0 bridgehead atoms. The molecule has 1 aromatic rings. The number of carbonyl (C=O) groups excluding carboxylic acids is 1. The molecular weight excluding hydrogens is 240 g/mol. The molecular formula is C12H13BrO. The molecule has 74 valence electrons. The Kier molecular flexibility index (Phi) is 2.48. The van der Waals surface area contributed by atoms with Crippen LogP contribution in [-0.4, -0.2) is 5.78 Å². The van der Waals surface area contributed by atoms with Gasteiger partial charge in [-0.15, -0.1) is 0 Å². The molecule has 1 nitrogen and oxygen atoms in total. The highest BCUT2D eigenvalue weighted by Gasteiger charge is 2.30. The van der Waals surface area contributed by atoms with E-state index in [1.807, 2.05) is 6.07 Å². The molecule has 2 heteroatoms. The van der Waals surface area contributed by atoms with Crippen LogP contribution in [0.5, 0.6) is 0 Å². The third-order valence-electron chi connectivity index (χ3n) is 2.89. The van der Waals surface area contributed by atoms with E-state index in [1.54, 1.807) is 0 Å². The molecule has 0 spiro atoms. The van der Waals surface area contributed by atoms with Crippen molar-refractivity contribution in [2.45, 2.75) is 26.7 Å². The molecule has 14 heavy (non-hydrogen) atoms. The van der Waals surface area contributed by atoms with Crippen LogP contribution >= 0.6 is 15.9 Å². The summed E-state index contributed by atoms with van der Waals surface area (Å²) < 4.78 is 0.966. The van der Waals surface area contributed by atoms with Gasteiger partial charge in [-0.3, -0.25) is 4.79 Å². The van der Waals surface area contributed by atoms with Crippen molar-refractivity contribution in [2.75, 3.05) is 0 Å². The molecule has 2 rings (SSSR count). The first-order valence-corrected chi connectivity index (χ1v) is 5.76. The van der Waals surface area contributed by atoms with E-state index in [-0.39, 0.29) is 5.92 Å². The van der Waals surface area contributed by atoms with Crippen molar-refractivity contribution < 1.29 is 4.79 Å². The molecule has 1 aromatic carbocycles. The van der Waals surface area contributed by atoms with E-state index < -0.39 is 0 Å².